The molecule has 0 fully saturated rings. The lowest BCUT2D eigenvalue weighted by atomic mass is 9.99. The lowest BCUT2D eigenvalue weighted by Gasteiger charge is -2.23. The number of carbonyl (C=O) groups is 1. The van der Waals surface area contributed by atoms with Crippen molar-refractivity contribution in [2.75, 3.05) is 19.6 Å². The van der Waals surface area contributed by atoms with Gasteiger partial charge in [-0.25, -0.2) is 0 Å². The molecule has 0 saturated carbocycles. The molecular formula is C13H23NO2. The molecule has 0 bridgehead atoms. The van der Waals surface area contributed by atoms with E-state index in [4.69, 9.17) is 11.5 Å². The molecule has 0 heterocycles. The maximum absolute atomic E-state index is 10.7. The molecule has 0 aromatic carbocycles. The van der Waals surface area contributed by atoms with E-state index in [9.17, 15) is 4.79 Å². The summed E-state index contributed by atoms with van der Waals surface area (Å²) in [6, 6.07) is 0. The van der Waals surface area contributed by atoms with Crippen LogP contribution in [0.2, 0.25) is 0 Å². The molecule has 0 spiro atoms. The Morgan fingerprint density at radius 2 is 2.19 bits per heavy atom. The van der Waals surface area contributed by atoms with Crippen LogP contribution in [-0.4, -0.2) is 35.6 Å². The van der Waals surface area contributed by atoms with Crippen LogP contribution < -0.4 is 0 Å². The van der Waals surface area contributed by atoms with Gasteiger partial charge in [0, 0.05) is 6.54 Å². The Balaban J connectivity index is 4.12. The number of aliphatic carboxylic acids is 1. The molecule has 1 unspecified atom stereocenters. The van der Waals surface area contributed by atoms with E-state index < -0.39 is 5.97 Å². The maximum Gasteiger partial charge on any atom is 0.317 e. The van der Waals surface area contributed by atoms with E-state index in [-0.39, 0.29) is 6.54 Å². The van der Waals surface area contributed by atoms with E-state index in [0.717, 1.165) is 19.4 Å². The van der Waals surface area contributed by atoms with Gasteiger partial charge < -0.3 is 5.11 Å². The van der Waals surface area contributed by atoms with E-state index in [2.05, 4.69) is 19.8 Å². The predicted octanol–water partition coefficient (Wildman–Crippen LogP) is 2.22. The van der Waals surface area contributed by atoms with Crippen molar-refractivity contribution in [2.45, 2.75) is 39.5 Å². The molecule has 1 atom stereocenters. The molecule has 0 aromatic rings. The van der Waals surface area contributed by atoms with Crippen LogP contribution in [0.5, 0.6) is 0 Å². The van der Waals surface area contributed by atoms with Crippen LogP contribution in [-0.2, 0) is 4.79 Å². The zero-order chi connectivity index (χ0) is 12.4. The largest absolute Gasteiger partial charge is 0.480 e. The summed E-state index contributed by atoms with van der Waals surface area (Å²) in [5, 5.41) is 8.76. The quantitative estimate of drug-likeness (QED) is 0.612. The molecule has 3 heteroatoms. The number of hydrogen-bond acceptors (Lipinski definition) is 2. The molecule has 0 aromatic heterocycles. The van der Waals surface area contributed by atoms with Gasteiger partial charge in [0.05, 0.1) is 13.1 Å². The van der Waals surface area contributed by atoms with Crippen LogP contribution in [0.4, 0.5) is 0 Å². The molecule has 0 saturated heterocycles. The van der Waals surface area contributed by atoms with Crippen molar-refractivity contribution in [3.8, 4) is 12.3 Å². The fourth-order valence-corrected chi connectivity index (χ4v) is 1.79. The van der Waals surface area contributed by atoms with Gasteiger partial charge in [-0.05, 0) is 12.3 Å². The van der Waals surface area contributed by atoms with E-state index in [0.29, 0.717) is 12.5 Å². The van der Waals surface area contributed by atoms with Gasteiger partial charge in [-0.15, -0.1) is 6.42 Å². The third kappa shape index (κ3) is 7.30. The van der Waals surface area contributed by atoms with Crippen molar-refractivity contribution in [3.63, 3.8) is 0 Å². The van der Waals surface area contributed by atoms with Crippen LogP contribution in [0, 0.1) is 18.3 Å². The molecule has 0 aliphatic rings. The minimum absolute atomic E-state index is 0.0484. The second-order valence-corrected chi connectivity index (χ2v) is 4.18. The van der Waals surface area contributed by atoms with Gasteiger partial charge in [-0.2, -0.15) is 0 Å². The third-order valence-electron chi connectivity index (χ3n) is 2.73. The first-order chi connectivity index (χ1) is 7.63. The smallest absolute Gasteiger partial charge is 0.317 e. The van der Waals surface area contributed by atoms with Crippen LogP contribution in [0.15, 0.2) is 0 Å². The predicted molar refractivity (Wildman–Crippen MR) is 66.2 cm³/mol. The Bertz CT molecular complexity index is 233. The van der Waals surface area contributed by atoms with Gasteiger partial charge in [0.15, 0.2) is 0 Å². The SMILES string of the molecule is C#CCN(CC(=O)O)CC(CC)CCCC. The summed E-state index contributed by atoms with van der Waals surface area (Å²) < 4.78 is 0. The number of unbranched alkanes of at least 4 members (excludes halogenated alkanes) is 1. The third-order valence-corrected chi connectivity index (χ3v) is 2.73. The second-order valence-electron chi connectivity index (χ2n) is 4.18. The van der Waals surface area contributed by atoms with Gasteiger partial charge in [0.1, 0.15) is 0 Å². The van der Waals surface area contributed by atoms with Gasteiger partial charge in [-0.1, -0.05) is 39.0 Å². The Kier molecular flexibility index (Phi) is 8.65. The molecule has 3 nitrogen and oxygen atoms in total. The first kappa shape index (κ1) is 15.0. The number of rotatable bonds is 9. The summed E-state index contributed by atoms with van der Waals surface area (Å²) in [5.41, 5.74) is 0. The van der Waals surface area contributed by atoms with Crippen LogP contribution in [0.25, 0.3) is 0 Å². The number of terminal acetylenes is 1. The standard InChI is InChI=1S/C13H23NO2/c1-4-7-8-12(6-3)10-14(9-5-2)11-13(15)16/h2,12H,4,6-11H2,1,3H3,(H,15,16). The van der Waals surface area contributed by atoms with Crippen LogP contribution in [0.1, 0.15) is 39.5 Å². The zero-order valence-electron chi connectivity index (χ0n) is 10.4. The summed E-state index contributed by atoms with van der Waals surface area (Å²) in [7, 11) is 0. The van der Waals surface area contributed by atoms with Crippen molar-refractivity contribution in [3.05, 3.63) is 0 Å². The average Bonchev–Trinajstić information content (AvgIpc) is 2.23. The summed E-state index contributed by atoms with van der Waals surface area (Å²) in [6.45, 7) is 5.59. The zero-order valence-corrected chi connectivity index (χ0v) is 10.4. The summed E-state index contributed by atoms with van der Waals surface area (Å²) in [6.07, 6.45) is 9.87. The monoisotopic (exact) mass is 225 g/mol. The summed E-state index contributed by atoms with van der Waals surface area (Å²) in [5.74, 6) is 2.28. The normalized spacial score (nSPS) is 12.4. The lowest BCUT2D eigenvalue weighted by molar-refractivity contribution is -0.138. The molecular weight excluding hydrogens is 202 g/mol. The highest BCUT2D eigenvalue weighted by molar-refractivity contribution is 5.69. The summed E-state index contributed by atoms with van der Waals surface area (Å²) in [4.78, 5) is 12.5. The molecule has 0 rings (SSSR count). The molecule has 0 aliphatic carbocycles. The highest BCUT2D eigenvalue weighted by Crippen LogP contribution is 2.14. The maximum atomic E-state index is 10.7. The van der Waals surface area contributed by atoms with Gasteiger partial charge >= 0.3 is 5.97 Å². The molecule has 0 radical (unpaired) electrons. The van der Waals surface area contributed by atoms with Crippen molar-refractivity contribution < 1.29 is 9.90 Å². The van der Waals surface area contributed by atoms with Crippen molar-refractivity contribution in [1.29, 1.82) is 0 Å². The molecule has 1 N–H and O–H groups in total. The van der Waals surface area contributed by atoms with Gasteiger partial charge in [-0.3, -0.25) is 9.69 Å². The molecule has 16 heavy (non-hydrogen) atoms. The van der Waals surface area contributed by atoms with E-state index >= 15 is 0 Å². The fraction of sp³-hybridized carbons (Fsp3) is 0.769. The van der Waals surface area contributed by atoms with Crippen molar-refractivity contribution in [2.24, 2.45) is 5.92 Å². The fourth-order valence-electron chi connectivity index (χ4n) is 1.79. The average molecular weight is 225 g/mol. The molecule has 0 amide bonds. The number of hydrogen-bond donors (Lipinski definition) is 1. The Morgan fingerprint density at radius 1 is 1.50 bits per heavy atom. The van der Waals surface area contributed by atoms with E-state index in [1.54, 1.807) is 0 Å². The number of nitrogens with zero attached hydrogens (tertiary/aromatic N) is 1. The number of carboxylic acid groups (broad SMARTS) is 1. The van der Waals surface area contributed by atoms with Gasteiger partial charge in [0.2, 0.25) is 0 Å². The summed E-state index contributed by atoms with van der Waals surface area (Å²) >= 11 is 0. The Hall–Kier alpha value is -1.01. The minimum atomic E-state index is -0.805. The van der Waals surface area contributed by atoms with E-state index in [1.807, 2.05) is 4.90 Å². The molecule has 92 valence electrons. The minimum Gasteiger partial charge on any atom is -0.480 e. The van der Waals surface area contributed by atoms with E-state index in [1.165, 1.54) is 12.8 Å². The highest BCUT2D eigenvalue weighted by atomic mass is 16.4. The van der Waals surface area contributed by atoms with Crippen LogP contribution in [0.3, 0.4) is 0 Å². The Labute approximate surface area is 98.8 Å². The molecule has 0 aliphatic heterocycles. The lowest BCUT2D eigenvalue weighted by Crippen LogP contribution is -2.34. The van der Waals surface area contributed by atoms with Crippen LogP contribution >= 0.6 is 0 Å². The number of carboxylic acids is 1. The Morgan fingerprint density at radius 3 is 2.62 bits per heavy atom. The first-order valence-electron chi connectivity index (χ1n) is 6.01. The highest BCUT2D eigenvalue weighted by Gasteiger charge is 2.14. The van der Waals surface area contributed by atoms with Crippen molar-refractivity contribution >= 4 is 5.97 Å². The first-order valence-corrected chi connectivity index (χ1v) is 6.01. The second kappa shape index (κ2) is 9.23. The topological polar surface area (TPSA) is 40.5 Å². The van der Waals surface area contributed by atoms with Gasteiger partial charge in [0.25, 0.3) is 0 Å². The van der Waals surface area contributed by atoms with Crippen molar-refractivity contribution in [1.82, 2.24) is 4.90 Å².